The zero-order valence-corrected chi connectivity index (χ0v) is 9.82. The second-order valence-corrected chi connectivity index (χ2v) is 4.72. The molecule has 0 unspecified atom stereocenters. The van der Waals surface area contributed by atoms with Crippen molar-refractivity contribution in [2.75, 3.05) is 0 Å². The molecule has 0 bridgehead atoms. The summed E-state index contributed by atoms with van der Waals surface area (Å²) in [7, 11) is 0. The molecule has 1 fully saturated rings. The van der Waals surface area contributed by atoms with E-state index in [-0.39, 0.29) is 11.4 Å². The van der Waals surface area contributed by atoms with Crippen molar-refractivity contribution in [2.24, 2.45) is 5.73 Å². The van der Waals surface area contributed by atoms with Crippen LogP contribution in [-0.4, -0.2) is 21.6 Å². The van der Waals surface area contributed by atoms with Gasteiger partial charge >= 0.3 is 0 Å². The Balaban J connectivity index is 1.76. The highest BCUT2D eigenvalue weighted by Crippen LogP contribution is 2.28. The van der Waals surface area contributed by atoms with Crippen molar-refractivity contribution in [1.82, 2.24) is 15.5 Å². The average Bonchev–Trinajstić information content (AvgIpc) is 2.79. The van der Waals surface area contributed by atoms with Crippen LogP contribution >= 0.6 is 0 Å². The number of hydrogen-bond acceptors (Lipinski definition) is 5. The first-order chi connectivity index (χ1) is 8.18. The molecule has 17 heavy (non-hydrogen) atoms. The average molecular weight is 238 g/mol. The molecule has 2 rings (SSSR count). The van der Waals surface area contributed by atoms with Gasteiger partial charge in [0.25, 0.3) is 0 Å². The molecule has 3 N–H and O–H groups in total. The predicted octanol–water partition coefficient (Wildman–Crippen LogP) is 0.737. The third-order valence-corrected chi connectivity index (χ3v) is 3.21. The van der Waals surface area contributed by atoms with Crippen LogP contribution in [0.2, 0.25) is 0 Å². The first-order valence-corrected chi connectivity index (χ1v) is 5.99. The number of nitrogens with one attached hydrogen (secondary N) is 1. The van der Waals surface area contributed by atoms with Crippen molar-refractivity contribution in [3.05, 3.63) is 12.2 Å². The summed E-state index contributed by atoms with van der Waals surface area (Å²) in [6.07, 6.45) is 6.95. The summed E-state index contributed by atoms with van der Waals surface area (Å²) in [4.78, 5) is 15.6. The zero-order chi connectivity index (χ0) is 12.1. The van der Waals surface area contributed by atoms with Crippen molar-refractivity contribution in [2.45, 2.75) is 50.6 Å². The molecule has 0 radical (unpaired) electrons. The number of aromatic nitrogens is 2. The lowest BCUT2D eigenvalue weighted by Gasteiger charge is -2.32. The largest absolute Gasteiger partial charge is 0.349 e. The fourth-order valence-electron chi connectivity index (χ4n) is 2.26. The molecule has 6 heteroatoms. The van der Waals surface area contributed by atoms with Crippen molar-refractivity contribution in [3.63, 3.8) is 0 Å². The third-order valence-electron chi connectivity index (χ3n) is 3.21. The number of amides is 1. The maximum absolute atomic E-state index is 11.7. The lowest BCUT2D eigenvalue weighted by atomic mass is 9.80. The number of carbonyl (C=O) groups excluding carboxylic acids is 1. The molecule has 0 saturated heterocycles. The maximum Gasteiger partial charge on any atom is 0.222 e. The summed E-state index contributed by atoms with van der Waals surface area (Å²) in [5, 5.41) is 6.37. The van der Waals surface area contributed by atoms with Crippen LogP contribution in [0, 0.1) is 0 Å². The molecule has 1 saturated carbocycles. The van der Waals surface area contributed by atoms with Crippen LogP contribution in [0.15, 0.2) is 10.9 Å². The fraction of sp³-hybridized carbons (Fsp3) is 0.727. The number of nitrogens with two attached hydrogens (primary N) is 1. The van der Waals surface area contributed by atoms with Gasteiger partial charge in [-0.1, -0.05) is 24.4 Å². The molecule has 1 aliphatic rings. The second-order valence-electron chi connectivity index (χ2n) is 4.72. The van der Waals surface area contributed by atoms with E-state index in [9.17, 15) is 4.79 Å². The summed E-state index contributed by atoms with van der Waals surface area (Å²) in [5.74, 6) is 0.437. The van der Waals surface area contributed by atoms with Gasteiger partial charge in [0.1, 0.15) is 0 Å². The molecule has 1 heterocycles. The van der Waals surface area contributed by atoms with E-state index in [2.05, 4.69) is 20.0 Å². The van der Waals surface area contributed by atoms with Gasteiger partial charge in [0, 0.05) is 12.0 Å². The summed E-state index contributed by atoms with van der Waals surface area (Å²) in [5.41, 5.74) is 5.88. The zero-order valence-electron chi connectivity index (χ0n) is 9.82. The molecule has 1 amide bonds. The van der Waals surface area contributed by atoms with Gasteiger partial charge < -0.3 is 15.6 Å². The summed E-state index contributed by atoms with van der Waals surface area (Å²) in [6.45, 7) is 0.297. The Kier molecular flexibility index (Phi) is 3.73. The molecule has 0 spiro atoms. The highest BCUT2D eigenvalue weighted by atomic mass is 16.5. The van der Waals surface area contributed by atoms with Gasteiger partial charge in [0.2, 0.25) is 12.3 Å². The van der Waals surface area contributed by atoms with Crippen LogP contribution in [-0.2, 0) is 11.3 Å². The molecule has 1 aromatic heterocycles. The van der Waals surface area contributed by atoms with E-state index in [0.717, 1.165) is 25.7 Å². The van der Waals surface area contributed by atoms with E-state index in [1.165, 1.54) is 12.8 Å². The van der Waals surface area contributed by atoms with Crippen LogP contribution in [0.4, 0.5) is 0 Å². The van der Waals surface area contributed by atoms with Crippen molar-refractivity contribution >= 4 is 5.91 Å². The third kappa shape index (κ3) is 3.52. The van der Waals surface area contributed by atoms with E-state index < -0.39 is 0 Å². The van der Waals surface area contributed by atoms with Crippen LogP contribution in [0.5, 0.6) is 0 Å². The smallest absolute Gasteiger partial charge is 0.222 e. The van der Waals surface area contributed by atoms with Gasteiger partial charge in [0.15, 0.2) is 5.82 Å². The minimum Gasteiger partial charge on any atom is -0.349 e. The molecular weight excluding hydrogens is 220 g/mol. The van der Waals surface area contributed by atoms with Gasteiger partial charge in [-0.2, -0.15) is 4.98 Å². The predicted molar refractivity (Wildman–Crippen MR) is 60.8 cm³/mol. The Bertz CT molecular complexity index is 358. The summed E-state index contributed by atoms with van der Waals surface area (Å²) in [6, 6.07) is 0. The summed E-state index contributed by atoms with van der Waals surface area (Å²) < 4.78 is 4.58. The van der Waals surface area contributed by atoms with E-state index in [1.807, 2.05) is 0 Å². The van der Waals surface area contributed by atoms with Crippen LogP contribution in [0.3, 0.4) is 0 Å². The molecule has 6 nitrogen and oxygen atoms in total. The Morgan fingerprint density at radius 3 is 2.88 bits per heavy atom. The summed E-state index contributed by atoms with van der Waals surface area (Å²) >= 11 is 0. The van der Waals surface area contributed by atoms with Crippen LogP contribution in [0.25, 0.3) is 0 Å². The molecular formula is C11H18N4O2. The number of carbonyl (C=O) groups is 1. The van der Waals surface area contributed by atoms with Gasteiger partial charge in [-0.25, -0.2) is 0 Å². The quantitative estimate of drug-likeness (QED) is 0.806. The molecule has 0 aliphatic heterocycles. The minimum atomic E-state index is -0.320. The minimum absolute atomic E-state index is 0.0424. The first-order valence-electron chi connectivity index (χ1n) is 5.99. The molecule has 0 atom stereocenters. The van der Waals surface area contributed by atoms with E-state index in [4.69, 9.17) is 5.73 Å². The lowest BCUT2D eigenvalue weighted by molar-refractivity contribution is -0.122. The Morgan fingerprint density at radius 1 is 1.47 bits per heavy atom. The highest BCUT2D eigenvalue weighted by Gasteiger charge is 2.29. The maximum atomic E-state index is 11.7. The van der Waals surface area contributed by atoms with E-state index in [1.54, 1.807) is 0 Å². The lowest BCUT2D eigenvalue weighted by Crippen LogP contribution is -2.45. The number of nitrogens with zero attached hydrogens (tertiary/aromatic N) is 2. The standard InChI is InChI=1S/C11H18N4O2/c12-11(4-2-1-3-5-11)6-10(16)13-7-9-14-8-17-15-9/h8H,1-7,12H2,(H,13,16). The topological polar surface area (TPSA) is 94.0 Å². The first kappa shape index (κ1) is 12.0. The number of hydrogen-bond donors (Lipinski definition) is 2. The van der Waals surface area contributed by atoms with Gasteiger partial charge in [-0.05, 0) is 12.8 Å². The van der Waals surface area contributed by atoms with Crippen LogP contribution < -0.4 is 11.1 Å². The second kappa shape index (κ2) is 5.27. The van der Waals surface area contributed by atoms with Gasteiger partial charge in [-0.15, -0.1) is 0 Å². The highest BCUT2D eigenvalue weighted by molar-refractivity contribution is 5.77. The SMILES string of the molecule is NC1(CC(=O)NCc2ncon2)CCCCC1. The van der Waals surface area contributed by atoms with Crippen LogP contribution in [0.1, 0.15) is 44.3 Å². The van der Waals surface area contributed by atoms with Crippen molar-refractivity contribution < 1.29 is 9.32 Å². The van der Waals surface area contributed by atoms with E-state index in [0.29, 0.717) is 18.8 Å². The fourth-order valence-corrected chi connectivity index (χ4v) is 2.26. The number of rotatable bonds is 4. The van der Waals surface area contributed by atoms with Crippen molar-refractivity contribution in [3.8, 4) is 0 Å². The Morgan fingerprint density at radius 2 is 2.24 bits per heavy atom. The molecule has 1 aromatic rings. The molecule has 0 aromatic carbocycles. The van der Waals surface area contributed by atoms with Crippen molar-refractivity contribution in [1.29, 1.82) is 0 Å². The van der Waals surface area contributed by atoms with Gasteiger partial charge in [0.05, 0.1) is 6.54 Å². The monoisotopic (exact) mass is 238 g/mol. The Hall–Kier alpha value is -1.43. The Labute approximate surface area is 99.9 Å². The van der Waals surface area contributed by atoms with Gasteiger partial charge in [-0.3, -0.25) is 4.79 Å². The molecule has 1 aliphatic carbocycles. The normalized spacial score (nSPS) is 18.9. The molecule has 94 valence electrons. The van der Waals surface area contributed by atoms with E-state index >= 15 is 0 Å².